The molecular weight excluding hydrogens is 925 g/mol. The molecular formula is C69H128O6. The number of allylic oxidation sites excluding steroid dienone is 6. The van der Waals surface area contributed by atoms with Gasteiger partial charge in [-0.1, -0.05) is 308 Å². The summed E-state index contributed by atoms with van der Waals surface area (Å²) in [5.74, 6) is -0.855. The van der Waals surface area contributed by atoms with E-state index in [-0.39, 0.29) is 31.1 Å². The molecule has 0 saturated carbocycles. The van der Waals surface area contributed by atoms with Gasteiger partial charge in [0.05, 0.1) is 0 Å². The highest BCUT2D eigenvalue weighted by atomic mass is 16.6. The van der Waals surface area contributed by atoms with Gasteiger partial charge in [0.25, 0.3) is 0 Å². The fourth-order valence-corrected chi connectivity index (χ4v) is 10.1. The zero-order chi connectivity index (χ0) is 54.3. The van der Waals surface area contributed by atoms with E-state index in [2.05, 4.69) is 57.2 Å². The van der Waals surface area contributed by atoms with Gasteiger partial charge in [-0.15, -0.1) is 0 Å². The molecule has 0 aromatic rings. The maximum absolute atomic E-state index is 12.9. The Balaban J connectivity index is 4.31. The standard InChI is InChI=1S/C69H128O6/c1-4-7-10-13-16-19-22-25-28-31-33-34-35-36-37-39-41-44-47-50-53-56-59-62-68(71)74-65-66(64-73-67(70)61-58-55-52-49-46-43-40-30-27-24-21-18-15-12-9-6-3)75-69(72)63-60-57-54-51-48-45-42-38-32-29-26-23-20-17-14-11-8-5-2/h22,25,30-31,33,40,66H,4-21,23-24,26-29,32,34-39,41-65H2,1-3H3/b25-22-,33-31-,40-30-. The molecule has 1 unspecified atom stereocenters. The molecule has 0 aromatic carbocycles. The predicted octanol–water partition coefficient (Wildman–Crippen LogP) is 22.8. The summed E-state index contributed by atoms with van der Waals surface area (Å²) in [5.41, 5.74) is 0. The van der Waals surface area contributed by atoms with Crippen molar-refractivity contribution in [3.63, 3.8) is 0 Å². The van der Waals surface area contributed by atoms with E-state index < -0.39 is 6.10 Å². The van der Waals surface area contributed by atoms with Crippen molar-refractivity contribution in [3.05, 3.63) is 36.5 Å². The molecule has 6 heteroatoms. The van der Waals surface area contributed by atoms with Crippen LogP contribution in [-0.4, -0.2) is 37.2 Å². The molecule has 0 heterocycles. The average molecular weight is 1050 g/mol. The Labute approximate surface area is 467 Å². The zero-order valence-electron chi connectivity index (χ0n) is 50.6. The Kier molecular flexibility index (Phi) is 62.1. The summed E-state index contributed by atoms with van der Waals surface area (Å²) in [6.45, 7) is 6.69. The Hall–Kier alpha value is -2.37. The highest BCUT2D eigenvalue weighted by molar-refractivity contribution is 5.71. The first-order chi connectivity index (χ1) is 37.0. The second-order valence-corrected chi connectivity index (χ2v) is 22.7. The van der Waals surface area contributed by atoms with Crippen LogP contribution in [0.25, 0.3) is 0 Å². The summed E-state index contributed by atoms with van der Waals surface area (Å²) in [7, 11) is 0. The Bertz CT molecular complexity index is 1250. The van der Waals surface area contributed by atoms with Gasteiger partial charge in [0.15, 0.2) is 6.10 Å². The van der Waals surface area contributed by atoms with E-state index in [1.54, 1.807) is 0 Å². The summed E-state index contributed by atoms with van der Waals surface area (Å²) in [6.07, 6.45) is 78.7. The van der Waals surface area contributed by atoms with Crippen molar-refractivity contribution >= 4 is 17.9 Å². The number of unbranched alkanes of at least 4 members (excludes halogenated alkanes) is 45. The maximum Gasteiger partial charge on any atom is 0.306 e. The van der Waals surface area contributed by atoms with Gasteiger partial charge in [-0.3, -0.25) is 14.4 Å². The smallest absolute Gasteiger partial charge is 0.306 e. The van der Waals surface area contributed by atoms with Crippen molar-refractivity contribution in [1.82, 2.24) is 0 Å². The highest BCUT2D eigenvalue weighted by Crippen LogP contribution is 2.18. The van der Waals surface area contributed by atoms with E-state index in [0.29, 0.717) is 19.3 Å². The van der Waals surface area contributed by atoms with Gasteiger partial charge >= 0.3 is 17.9 Å². The number of ether oxygens (including phenoxy) is 3. The van der Waals surface area contributed by atoms with Crippen LogP contribution in [0.3, 0.4) is 0 Å². The zero-order valence-corrected chi connectivity index (χ0v) is 50.6. The van der Waals surface area contributed by atoms with Crippen molar-refractivity contribution in [2.24, 2.45) is 0 Å². The van der Waals surface area contributed by atoms with Crippen molar-refractivity contribution in [1.29, 1.82) is 0 Å². The molecule has 6 nitrogen and oxygen atoms in total. The van der Waals surface area contributed by atoms with Crippen molar-refractivity contribution in [2.75, 3.05) is 13.2 Å². The van der Waals surface area contributed by atoms with Crippen molar-refractivity contribution in [3.8, 4) is 0 Å². The van der Waals surface area contributed by atoms with Gasteiger partial charge in [-0.05, 0) is 77.0 Å². The van der Waals surface area contributed by atoms with Crippen LogP contribution in [0.4, 0.5) is 0 Å². The van der Waals surface area contributed by atoms with Gasteiger partial charge < -0.3 is 14.2 Å². The molecule has 0 saturated heterocycles. The molecule has 0 N–H and O–H groups in total. The molecule has 0 spiro atoms. The van der Waals surface area contributed by atoms with E-state index in [4.69, 9.17) is 14.2 Å². The molecule has 0 fully saturated rings. The van der Waals surface area contributed by atoms with Crippen LogP contribution in [0.15, 0.2) is 36.5 Å². The number of rotatable bonds is 62. The summed E-state index contributed by atoms with van der Waals surface area (Å²) < 4.78 is 17.0. The lowest BCUT2D eigenvalue weighted by atomic mass is 10.0. The van der Waals surface area contributed by atoms with E-state index in [1.807, 2.05) is 0 Å². The molecule has 0 radical (unpaired) electrons. The largest absolute Gasteiger partial charge is 0.462 e. The van der Waals surface area contributed by atoms with E-state index in [9.17, 15) is 14.4 Å². The second-order valence-electron chi connectivity index (χ2n) is 22.7. The van der Waals surface area contributed by atoms with Crippen molar-refractivity contribution in [2.45, 2.75) is 374 Å². The van der Waals surface area contributed by atoms with Crippen LogP contribution in [0.1, 0.15) is 367 Å². The minimum absolute atomic E-state index is 0.0713. The predicted molar refractivity (Wildman–Crippen MR) is 326 cm³/mol. The van der Waals surface area contributed by atoms with Crippen LogP contribution in [-0.2, 0) is 28.6 Å². The minimum Gasteiger partial charge on any atom is -0.462 e. The quantitative estimate of drug-likeness (QED) is 0.0261. The number of carbonyl (C=O) groups is 3. The number of hydrogen-bond acceptors (Lipinski definition) is 6. The van der Waals surface area contributed by atoms with Crippen LogP contribution in [0.5, 0.6) is 0 Å². The summed E-state index contributed by atoms with van der Waals surface area (Å²) >= 11 is 0. The number of hydrogen-bond donors (Lipinski definition) is 0. The third-order valence-electron chi connectivity index (χ3n) is 15.1. The van der Waals surface area contributed by atoms with Crippen LogP contribution in [0, 0.1) is 0 Å². The first-order valence-corrected chi connectivity index (χ1v) is 33.5. The van der Waals surface area contributed by atoms with Gasteiger partial charge in [0.2, 0.25) is 0 Å². The topological polar surface area (TPSA) is 78.9 Å². The Morgan fingerprint density at radius 1 is 0.267 bits per heavy atom. The molecule has 0 amide bonds. The summed E-state index contributed by atoms with van der Waals surface area (Å²) in [6, 6.07) is 0. The molecule has 0 aromatic heterocycles. The molecule has 0 bridgehead atoms. The van der Waals surface area contributed by atoms with E-state index >= 15 is 0 Å². The second kappa shape index (κ2) is 64.2. The normalized spacial score (nSPS) is 12.2. The van der Waals surface area contributed by atoms with Gasteiger partial charge in [0, 0.05) is 19.3 Å². The monoisotopic (exact) mass is 1050 g/mol. The lowest BCUT2D eigenvalue weighted by Crippen LogP contribution is -2.30. The SMILES string of the molecule is CCCCCCC/C=C\C/C=C\CCCCCCCCCCCCCC(=O)OCC(COC(=O)CCCCCCC/C=C\CCCCCCCCC)OC(=O)CCCCCCCCCCCCCCCCCCCC. The van der Waals surface area contributed by atoms with Gasteiger partial charge in [-0.25, -0.2) is 0 Å². The van der Waals surface area contributed by atoms with Crippen LogP contribution in [0.2, 0.25) is 0 Å². The Morgan fingerprint density at radius 3 is 0.747 bits per heavy atom. The third-order valence-corrected chi connectivity index (χ3v) is 15.1. The first-order valence-electron chi connectivity index (χ1n) is 33.5. The maximum atomic E-state index is 12.9. The first kappa shape index (κ1) is 72.6. The average Bonchev–Trinajstić information content (AvgIpc) is 3.41. The summed E-state index contributed by atoms with van der Waals surface area (Å²) in [5, 5.41) is 0. The van der Waals surface area contributed by atoms with Gasteiger partial charge in [0.1, 0.15) is 13.2 Å². The van der Waals surface area contributed by atoms with Gasteiger partial charge in [-0.2, -0.15) is 0 Å². The molecule has 0 rings (SSSR count). The lowest BCUT2D eigenvalue weighted by Gasteiger charge is -2.18. The molecule has 0 aliphatic heterocycles. The number of carbonyl (C=O) groups excluding carboxylic acids is 3. The molecule has 0 aliphatic rings. The fourth-order valence-electron chi connectivity index (χ4n) is 10.1. The molecule has 75 heavy (non-hydrogen) atoms. The lowest BCUT2D eigenvalue weighted by molar-refractivity contribution is -0.167. The van der Waals surface area contributed by atoms with Crippen LogP contribution >= 0.6 is 0 Å². The molecule has 440 valence electrons. The molecule has 1 atom stereocenters. The van der Waals surface area contributed by atoms with Crippen LogP contribution < -0.4 is 0 Å². The van der Waals surface area contributed by atoms with E-state index in [0.717, 1.165) is 70.6 Å². The molecule has 0 aliphatic carbocycles. The third kappa shape index (κ3) is 62.4. The van der Waals surface area contributed by atoms with Crippen molar-refractivity contribution < 1.29 is 28.6 Å². The summed E-state index contributed by atoms with van der Waals surface area (Å²) in [4.78, 5) is 38.4. The van der Waals surface area contributed by atoms with E-state index in [1.165, 1.54) is 257 Å². The minimum atomic E-state index is -0.774. The highest BCUT2D eigenvalue weighted by Gasteiger charge is 2.19. The fraction of sp³-hybridized carbons (Fsp3) is 0.870. The Morgan fingerprint density at radius 2 is 0.480 bits per heavy atom. The number of esters is 3.